The molecule has 0 aliphatic heterocycles. The number of hydrogen-bond donors (Lipinski definition) is 0. The molecule has 0 atom stereocenters. The summed E-state index contributed by atoms with van der Waals surface area (Å²) in [4.78, 5) is 21.0. The van der Waals surface area contributed by atoms with Crippen LogP contribution in [0, 0.1) is 0 Å². The number of esters is 1. The topological polar surface area (TPSA) is 66.4 Å². The number of aliphatic carboxylic acids is 1. The number of rotatable bonds is 3. The van der Waals surface area contributed by atoms with Crippen LogP contribution in [0.15, 0.2) is 12.2 Å². The molecular weight excluding hydrogens is 297 g/mol. The molecule has 0 unspecified atom stereocenters. The Balaban J connectivity index is 0.00000196. The number of hydrogen-bond acceptors (Lipinski definition) is 4. The normalized spacial score (nSPS) is 17.1. The predicted molar refractivity (Wildman–Crippen MR) is 47.1 cm³/mol. The molecule has 0 N–H and O–H groups in total. The van der Waals surface area contributed by atoms with Crippen molar-refractivity contribution in [2.75, 3.05) is 0 Å². The van der Waals surface area contributed by atoms with Crippen LogP contribution in [0.25, 0.3) is 0 Å². The van der Waals surface area contributed by atoms with E-state index >= 15 is 0 Å². The number of carboxylic acid groups (broad SMARTS) is 1. The summed E-state index contributed by atoms with van der Waals surface area (Å²) in [5.74, 6) is -1.98. The third kappa shape index (κ3) is 6.64. The molecule has 0 amide bonds. The van der Waals surface area contributed by atoms with Gasteiger partial charge in [0.15, 0.2) is 0 Å². The van der Waals surface area contributed by atoms with Gasteiger partial charge in [0.05, 0.1) is 5.97 Å². The van der Waals surface area contributed by atoms with Crippen LogP contribution in [0.3, 0.4) is 0 Å². The van der Waals surface area contributed by atoms with E-state index < -0.39 is 11.9 Å². The molecule has 4 nitrogen and oxygen atoms in total. The molecule has 1 rings (SSSR count). The number of carboxylic acids is 1. The Morgan fingerprint density at radius 1 is 1.13 bits per heavy atom. The molecule has 0 aromatic rings. The Bertz CT molecular complexity index is 244. The standard InChI is InChI=1S/C10H14O4.Cd/c11-9(12)6-7-10(13)14-8-4-2-1-3-5-8;/h6-8H,1-5H2,(H,11,12);/p-1. The van der Waals surface area contributed by atoms with E-state index in [1.54, 1.807) is 0 Å². The van der Waals surface area contributed by atoms with Gasteiger partial charge in [-0.2, -0.15) is 0 Å². The maximum atomic E-state index is 11.0. The van der Waals surface area contributed by atoms with E-state index in [9.17, 15) is 14.7 Å². The molecule has 0 aromatic carbocycles. The Morgan fingerprint density at radius 2 is 1.73 bits per heavy atom. The summed E-state index contributed by atoms with van der Waals surface area (Å²) in [7, 11) is 0. The van der Waals surface area contributed by atoms with Crippen LogP contribution in [0.5, 0.6) is 0 Å². The number of carbonyl (C=O) groups excluding carboxylic acids is 2. The monoisotopic (exact) mass is 311 g/mol. The molecule has 0 saturated heterocycles. The first-order valence-corrected chi connectivity index (χ1v) is 4.78. The molecule has 0 radical (unpaired) electrons. The van der Waals surface area contributed by atoms with E-state index in [2.05, 4.69) is 0 Å². The summed E-state index contributed by atoms with van der Waals surface area (Å²) in [5.41, 5.74) is 0. The molecular formula is C10H13CdO4-. The Kier molecular flexibility index (Phi) is 7.63. The van der Waals surface area contributed by atoms with Gasteiger partial charge in [-0.3, -0.25) is 0 Å². The van der Waals surface area contributed by atoms with Crippen LogP contribution < -0.4 is 5.11 Å². The fourth-order valence-electron chi connectivity index (χ4n) is 1.52. The van der Waals surface area contributed by atoms with Gasteiger partial charge < -0.3 is 14.6 Å². The van der Waals surface area contributed by atoms with Crippen molar-refractivity contribution in [1.29, 1.82) is 0 Å². The van der Waals surface area contributed by atoms with Crippen molar-refractivity contribution in [2.24, 2.45) is 0 Å². The van der Waals surface area contributed by atoms with Gasteiger partial charge >= 0.3 is 5.97 Å². The summed E-state index contributed by atoms with van der Waals surface area (Å²) >= 11 is 0. The summed E-state index contributed by atoms with van der Waals surface area (Å²) in [5, 5.41) is 9.99. The minimum absolute atomic E-state index is 0. The van der Waals surface area contributed by atoms with Crippen molar-refractivity contribution in [3.8, 4) is 0 Å². The van der Waals surface area contributed by atoms with Gasteiger partial charge in [0, 0.05) is 33.4 Å². The van der Waals surface area contributed by atoms with Crippen LogP contribution in [0.4, 0.5) is 0 Å². The Morgan fingerprint density at radius 3 is 2.27 bits per heavy atom. The molecule has 0 aromatic heterocycles. The first-order valence-electron chi connectivity index (χ1n) is 4.78. The Hall–Kier alpha value is -0.398. The van der Waals surface area contributed by atoms with Gasteiger partial charge in [-0.05, 0) is 31.8 Å². The third-order valence-corrected chi connectivity index (χ3v) is 2.19. The minimum atomic E-state index is -1.38. The third-order valence-electron chi connectivity index (χ3n) is 2.19. The first-order chi connectivity index (χ1) is 6.68. The van der Waals surface area contributed by atoms with Gasteiger partial charge in [-0.15, -0.1) is 0 Å². The molecule has 1 aliphatic rings. The molecule has 1 saturated carbocycles. The van der Waals surface area contributed by atoms with Crippen molar-refractivity contribution in [1.82, 2.24) is 0 Å². The van der Waals surface area contributed by atoms with E-state index in [1.165, 1.54) is 6.42 Å². The summed E-state index contributed by atoms with van der Waals surface area (Å²) in [6.45, 7) is 0. The average Bonchev–Trinajstić information content (AvgIpc) is 2.16. The van der Waals surface area contributed by atoms with Crippen molar-refractivity contribution < 1.29 is 46.7 Å². The fourth-order valence-corrected chi connectivity index (χ4v) is 1.52. The number of ether oxygens (including phenoxy) is 1. The molecule has 1 aliphatic carbocycles. The van der Waals surface area contributed by atoms with Gasteiger partial charge in [0.1, 0.15) is 6.10 Å². The van der Waals surface area contributed by atoms with Crippen LogP contribution in [-0.2, 0) is 41.6 Å². The van der Waals surface area contributed by atoms with Gasteiger partial charge in [0.25, 0.3) is 0 Å². The quantitative estimate of drug-likeness (QED) is 0.423. The van der Waals surface area contributed by atoms with Crippen molar-refractivity contribution in [3.05, 3.63) is 12.2 Å². The molecule has 0 heterocycles. The van der Waals surface area contributed by atoms with Crippen LogP contribution in [0.2, 0.25) is 0 Å². The average molecular weight is 310 g/mol. The summed E-state index contributed by atoms with van der Waals surface area (Å²) in [6, 6.07) is 0. The zero-order valence-electron chi connectivity index (χ0n) is 8.61. The second kappa shape index (κ2) is 7.84. The first kappa shape index (κ1) is 14.6. The van der Waals surface area contributed by atoms with E-state index in [4.69, 9.17) is 4.74 Å². The maximum absolute atomic E-state index is 11.0. The molecule has 0 spiro atoms. The van der Waals surface area contributed by atoms with Crippen LogP contribution in [0.1, 0.15) is 32.1 Å². The van der Waals surface area contributed by atoms with Gasteiger partial charge in [0.2, 0.25) is 0 Å². The zero-order chi connectivity index (χ0) is 10.4. The second-order valence-electron chi connectivity index (χ2n) is 3.35. The largest absolute Gasteiger partial charge is 0.545 e. The van der Waals surface area contributed by atoms with E-state index in [-0.39, 0.29) is 33.4 Å². The second-order valence-corrected chi connectivity index (χ2v) is 3.35. The summed E-state index contributed by atoms with van der Waals surface area (Å²) < 4.78 is 5.02. The van der Waals surface area contributed by atoms with Gasteiger partial charge in [-0.1, -0.05) is 6.42 Å². The van der Waals surface area contributed by atoms with E-state index in [1.807, 2.05) is 0 Å². The Labute approximate surface area is 109 Å². The molecule has 80 valence electrons. The van der Waals surface area contributed by atoms with E-state index in [0.717, 1.165) is 31.8 Å². The fraction of sp³-hybridized carbons (Fsp3) is 0.600. The molecule has 15 heavy (non-hydrogen) atoms. The SMILES string of the molecule is O=C([O-])C=CC(=O)OC1CCCCC1.[Cd]. The van der Waals surface area contributed by atoms with E-state index in [0.29, 0.717) is 6.08 Å². The smallest absolute Gasteiger partial charge is 0.331 e. The van der Waals surface area contributed by atoms with Crippen molar-refractivity contribution in [2.45, 2.75) is 38.2 Å². The maximum Gasteiger partial charge on any atom is 0.331 e. The van der Waals surface area contributed by atoms with Crippen molar-refractivity contribution >= 4 is 11.9 Å². The minimum Gasteiger partial charge on any atom is -0.545 e. The number of carbonyl (C=O) groups is 2. The molecule has 0 bridgehead atoms. The summed E-state index contributed by atoms with van der Waals surface area (Å²) in [6.07, 6.45) is 6.63. The van der Waals surface area contributed by atoms with Crippen molar-refractivity contribution in [3.63, 3.8) is 0 Å². The predicted octanol–water partition coefficient (Wildman–Crippen LogP) is 0.166. The molecule has 1 fully saturated rings. The zero-order valence-corrected chi connectivity index (χ0v) is 12.6. The van der Waals surface area contributed by atoms with Crippen LogP contribution in [-0.4, -0.2) is 18.0 Å². The van der Waals surface area contributed by atoms with Gasteiger partial charge in [-0.25, -0.2) is 4.79 Å². The molecule has 5 heteroatoms. The van der Waals surface area contributed by atoms with Crippen LogP contribution >= 0.6 is 0 Å².